The van der Waals surface area contributed by atoms with Crippen LogP contribution in [0.15, 0.2) is 35.4 Å². The highest BCUT2D eigenvalue weighted by molar-refractivity contribution is 6.76. The number of azide groups is 1. The molecule has 1 N–H and O–H groups in total. The molecule has 0 spiro atoms. The van der Waals surface area contributed by atoms with Crippen LogP contribution in [0, 0.1) is 5.41 Å². The van der Waals surface area contributed by atoms with Gasteiger partial charge in [-0.2, -0.15) is 0 Å². The highest BCUT2D eigenvalue weighted by Gasteiger charge is 2.58. The Morgan fingerprint density at radius 3 is 2.06 bits per heavy atom. The zero-order valence-electron chi connectivity index (χ0n) is 26.8. The molecule has 3 aliphatic heterocycles. The standard InChI is InChI=1S/C29H33Cl3N4O14/c1-12(37)41-10-17-21(43-13(2)38)23(44-14(3)39)24(45-15(4)40)27(47-17)49-22-19(35-36-34)26(50-28(33)29(30,31)32)46-18-11-42-25(48-20(18)22)16-8-6-5-7-9-16/h5-9,17-27,33H,10-11H2,1-4H3/t17?,18?,19?,20-,21-,22+,23-,24?,25?,26+,27-/m0/s1. The largest absolute Gasteiger partial charge is 0.463 e. The topological polar surface area (TPSA) is 233 Å². The fourth-order valence-corrected chi connectivity index (χ4v) is 5.54. The highest BCUT2D eigenvalue weighted by Crippen LogP contribution is 2.40. The molecule has 0 aromatic heterocycles. The van der Waals surface area contributed by atoms with Gasteiger partial charge in [-0.25, -0.2) is 0 Å². The summed E-state index contributed by atoms with van der Waals surface area (Å²) in [4.78, 5) is 51.6. The van der Waals surface area contributed by atoms with Crippen LogP contribution < -0.4 is 0 Å². The average Bonchev–Trinajstić information content (AvgIpc) is 3.03. The predicted octanol–water partition coefficient (Wildman–Crippen LogP) is 3.34. The second-order valence-corrected chi connectivity index (χ2v) is 13.3. The Balaban J connectivity index is 1.80. The van der Waals surface area contributed by atoms with E-state index in [0.29, 0.717) is 5.56 Å². The molecule has 4 rings (SSSR count). The molecule has 50 heavy (non-hydrogen) atoms. The summed E-state index contributed by atoms with van der Waals surface area (Å²) in [6.07, 6.45) is -14.1. The van der Waals surface area contributed by atoms with Crippen molar-refractivity contribution in [1.82, 2.24) is 0 Å². The van der Waals surface area contributed by atoms with Gasteiger partial charge in [0.25, 0.3) is 3.79 Å². The van der Waals surface area contributed by atoms with E-state index < -0.39 is 108 Å². The van der Waals surface area contributed by atoms with Crippen molar-refractivity contribution in [2.75, 3.05) is 13.2 Å². The van der Waals surface area contributed by atoms with Gasteiger partial charge in [-0.05, 0) is 5.53 Å². The number of carbonyl (C=O) groups is 4. The van der Waals surface area contributed by atoms with Gasteiger partial charge in [-0.3, -0.25) is 24.6 Å². The van der Waals surface area contributed by atoms with Gasteiger partial charge in [-0.15, -0.1) is 0 Å². The Morgan fingerprint density at radius 1 is 0.860 bits per heavy atom. The van der Waals surface area contributed by atoms with E-state index in [0.717, 1.165) is 27.7 Å². The highest BCUT2D eigenvalue weighted by atomic mass is 35.6. The Kier molecular flexibility index (Phi) is 13.5. The molecular formula is C29H33Cl3N4O14. The molecule has 1 aromatic rings. The third kappa shape index (κ3) is 10.1. The summed E-state index contributed by atoms with van der Waals surface area (Å²) in [5.74, 6) is -4.21. The van der Waals surface area contributed by atoms with E-state index in [4.69, 9.17) is 87.6 Å². The molecule has 21 heteroatoms. The van der Waals surface area contributed by atoms with Crippen molar-refractivity contribution < 1.29 is 66.5 Å². The zero-order chi connectivity index (χ0) is 36.7. The first-order valence-electron chi connectivity index (χ1n) is 14.9. The zero-order valence-corrected chi connectivity index (χ0v) is 29.1. The van der Waals surface area contributed by atoms with Crippen molar-refractivity contribution in [3.8, 4) is 0 Å². The van der Waals surface area contributed by atoms with E-state index in [1.54, 1.807) is 30.3 Å². The molecule has 0 aliphatic carbocycles. The quantitative estimate of drug-likeness (QED) is 0.0526. The molecule has 5 unspecified atom stereocenters. The fraction of sp³-hybridized carbons (Fsp3) is 0.621. The lowest BCUT2D eigenvalue weighted by Gasteiger charge is -2.50. The predicted molar refractivity (Wildman–Crippen MR) is 168 cm³/mol. The number of hydrogen-bond acceptors (Lipinski definition) is 16. The molecule has 3 aliphatic rings. The molecule has 3 heterocycles. The van der Waals surface area contributed by atoms with Crippen LogP contribution in [0.5, 0.6) is 0 Å². The summed E-state index contributed by atoms with van der Waals surface area (Å²) in [7, 11) is 0. The third-order valence-corrected chi connectivity index (χ3v) is 7.81. The van der Waals surface area contributed by atoms with E-state index in [2.05, 4.69) is 10.0 Å². The number of hydrogen-bond donors (Lipinski definition) is 1. The fourth-order valence-electron chi connectivity index (χ4n) is 5.41. The lowest BCUT2D eigenvalue weighted by molar-refractivity contribution is -0.371. The van der Waals surface area contributed by atoms with Crippen LogP contribution in [0.25, 0.3) is 10.4 Å². The first-order valence-corrected chi connectivity index (χ1v) is 16.0. The van der Waals surface area contributed by atoms with Gasteiger partial charge in [0.15, 0.2) is 30.9 Å². The molecule has 3 saturated heterocycles. The van der Waals surface area contributed by atoms with E-state index in [1.165, 1.54) is 0 Å². The second-order valence-electron chi connectivity index (χ2n) is 11.0. The van der Waals surface area contributed by atoms with Crippen molar-refractivity contribution in [2.24, 2.45) is 5.11 Å². The van der Waals surface area contributed by atoms with E-state index in [-0.39, 0.29) is 6.61 Å². The number of carbonyl (C=O) groups excluding carboxylic acids is 4. The first-order chi connectivity index (χ1) is 23.6. The van der Waals surface area contributed by atoms with Crippen molar-refractivity contribution >= 4 is 64.6 Å². The van der Waals surface area contributed by atoms with Gasteiger partial charge < -0.3 is 47.4 Å². The minimum absolute atomic E-state index is 0.146. The van der Waals surface area contributed by atoms with Crippen LogP contribution >= 0.6 is 34.8 Å². The van der Waals surface area contributed by atoms with E-state index in [9.17, 15) is 24.7 Å². The van der Waals surface area contributed by atoms with Crippen LogP contribution in [0.4, 0.5) is 0 Å². The van der Waals surface area contributed by atoms with Crippen LogP contribution in [0.2, 0.25) is 0 Å². The smallest absolute Gasteiger partial charge is 0.303 e. The molecule has 274 valence electrons. The summed E-state index contributed by atoms with van der Waals surface area (Å²) in [6, 6.07) is 7.24. The maximum atomic E-state index is 12.4. The molecule has 0 radical (unpaired) electrons. The average molecular weight is 768 g/mol. The SMILES string of the molecule is CC(=O)OCC1O[C@@H](O[C@@H]2C(N=[N+]=[N-])[C@@H](OC(=N)C(Cl)(Cl)Cl)OC3COC(c4ccccc4)O[C@@H]32)C(OC(C)=O)[C@@H](OC(C)=O)[C@H]1OC(C)=O. The number of nitrogens with one attached hydrogen (secondary N) is 1. The number of rotatable bonds is 10. The number of ether oxygens (including phenoxy) is 10. The molecule has 18 nitrogen and oxygen atoms in total. The summed E-state index contributed by atoms with van der Waals surface area (Å²) >= 11 is 17.5. The lowest BCUT2D eigenvalue weighted by atomic mass is 9.94. The van der Waals surface area contributed by atoms with Gasteiger partial charge >= 0.3 is 23.9 Å². The van der Waals surface area contributed by atoms with E-state index in [1.807, 2.05) is 0 Å². The normalized spacial score (nSPS) is 32.3. The minimum Gasteiger partial charge on any atom is -0.463 e. The second kappa shape index (κ2) is 17.2. The van der Waals surface area contributed by atoms with Crippen molar-refractivity contribution in [3.05, 3.63) is 46.3 Å². The van der Waals surface area contributed by atoms with Gasteiger partial charge in [0.05, 0.1) is 6.61 Å². The molecule has 0 saturated carbocycles. The summed E-state index contributed by atoms with van der Waals surface area (Å²) in [5, 5.41) is 11.9. The Labute approximate surface area is 299 Å². The van der Waals surface area contributed by atoms with Crippen molar-refractivity contribution in [3.63, 3.8) is 0 Å². The molecule has 0 amide bonds. The lowest BCUT2D eigenvalue weighted by Crippen LogP contribution is -2.67. The van der Waals surface area contributed by atoms with Crippen LogP contribution in [0.3, 0.4) is 0 Å². The minimum atomic E-state index is -2.35. The summed E-state index contributed by atoms with van der Waals surface area (Å²) in [5.41, 5.74) is 10.2. The number of nitrogens with zero attached hydrogens (tertiary/aromatic N) is 3. The van der Waals surface area contributed by atoms with Crippen LogP contribution in [-0.4, -0.2) is 108 Å². The summed E-state index contributed by atoms with van der Waals surface area (Å²) in [6.45, 7) is 3.63. The third-order valence-electron chi connectivity index (χ3n) is 7.29. The van der Waals surface area contributed by atoms with Crippen LogP contribution in [-0.2, 0) is 66.5 Å². The van der Waals surface area contributed by atoms with Gasteiger partial charge in [0.2, 0.25) is 12.2 Å². The number of halogens is 3. The molecule has 3 fully saturated rings. The first kappa shape index (κ1) is 39.3. The Morgan fingerprint density at radius 2 is 1.48 bits per heavy atom. The molecule has 11 atom stereocenters. The maximum Gasteiger partial charge on any atom is 0.303 e. The number of esters is 4. The van der Waals surface area contributed by atoms with Gasteiger partial charge in [0.1, 0.15) is 37.1 Å². The van der Waals surface area contributed by atoms with Gasteiger partial charge in [0, 0.05) is 38.2 Å². The van der Waals surface area contributed by atoms with Crippen molar-refractivity contribution in [2.45, 2.75) is 99.1 Å². The maximum absolute atomic E-state index is 12.4. The molecule has 0 bridgehead atoms. The Bertz CT molecular complexity index is 1460. The molecule has 1 aromatic carbocycles. The number of fused-ring (bicyclic) bond motifs is 1. The summed E-state index contributed by atoms with van der Waals surface area (Å²) < 4.78 is 55.4. The Hall–Kier alpha value is -3.45. The number of benzene rings is 1. The molecular weight excluding hydrogens is 735 g/mol. The number of alkyl halides is 3. The monoisotopic (exact) mass is 766 g/mol. The van der Waals surface area contributed by atoms with E-state index >= 15 is 0 Å². The van der Waals surface area contributed by atoms with Crippen molar-refractivity contribution in [1.29, 1.82) is 5.41 Å². The van der Waals surface area contributed by atoms with Crippen LogP contribution in [0.1, 0.15) is 39.5 Å². The van der Waals surface area contributed by atoms with Gasteiger partial charge in [-0.1, -0.05) is 70.2 Å².